The Morgan fingerprint density at radius 1 is 1.53 bits per heavy atom. The van der Waals surface area contributed by atoms with Crippen molar-refractivity contribution in [1.29, 1.82) is 0 Å². The Hall–Kier alpha value is -1.57. The second kappa shape index (κ2) is 5.20. The number of imidazole rings is 1. The van der Waals surface area contributed by atoms with Crippen molar-refractivity contribution in [3.8, 4) is 0 Å². The summed E-state index contributed by atoms with van der Waals surface area (Å²) >= 11 is 1.28. The number of hydrogen-bond acceptors (Lipinski definition) is 4. The Bertz CT molecular complexity index is 575. The van der Waals surface area contributed by atoms with Gasteiger partial charge in [0.25, 0.3) is 0 Å². The standard InChI is InChI=1S/C11H12F3N3OS/c1-2-3-16(7-11(12,13)14)9-8(6-18)17-4-5-19-10(17)15-9/h4-6H,2-3,7H2,1H3. The third-order valence-electron chi connectivity index (χ3n) is 2.55. The van der Waals surface area contributed by atoms with Crippen molar-refractivity contribution in [2.75, 3.05) is 18.0 Å². The van der Waals surface area contributed by atoms with Gasteiger partial charge in [0.1, 0.15) is 12.2 Å². The smallest absolute Gasteiger partial charge is 0.346 e. The van der Waals surface area contributed by atoms with E-state index in [1.807, 2.05) is 0 Å². The van der Waals surface area contributed by atoms with Crippen LogP contribution in [-0.4, -0.2) is 34.9 Å². The minimum atomic E-state index is -4.33. The van der Waals surface area contributed by atoms with Gasteiger partial charge in [-0.1, -0.05) is 6.92 Å². The van der Waals surface area contributed by atoms with Gasteiger partial charge < -0.3 is 4.90 Å². The summed E-state index contributed by atoms with van der Waals surface area (Å²) in [5, 5.41) is 1.73. The fraction of sp³-hybridized carbons (Fsp3) is 0.455. The second-order valence-electron chi connectivity index (χ2n) is 4.03. The van der Waals surface area contributed by atoms with Crippen LogP contribution < -0.4 is 4.90 Å². The zero-order chi connectivity index (χ0) is 14.0. The molecule has 0 saturated carbocycles. The fourth-order valence-corrected chi connectivity index (χ4v) is 2.60. The molecule has 0 aliphatic heterocycles. The van der Waals surface area contributed by atoms with Crippen molar-refractivity contribution in [2.45, 2.75) is 19.5 Å². The molecule has 0 bridgehead atoms. The van der Waals surface area contributed by atoms with Gasteiger partial charge in [-0.2, -0.15) is 13.2 Å². The van der Waals surface area contributed by atoms with E-state index in [0.717, 1.165) is 4.90 Å². The largest absolute Gasteiger partial charge is 0.405 e. The van der Waals surface area contributed by atoms with Crippen LogP contribution >= 0.6 is 11.3 Å². The normalized spacial score (nSPS) is 12.0. The van der Waals surface area contributed by atoms with Crippen molar-refractivity contribution in [3.05, 3.63) is 17.3 Å². The van der Waals surface area contributed by atoms with Gasteiger partial charge in [0.2, 0.25) is 0 Å². The van der Waals surface area contributed by atoms with Crippen LogP contribution in [0.3, 0.4) is 0 Å². The van der Waals surface area contributed by atoms with Crippen LogP contribution in [0.15, 0.2) is 11.6 Å². The Kier molecular flexibility index (Phi) is 3.79. The quantitative estimate of drug-likeness (QED) is 0.795. The van der Waals surface area contributed by atoms with E-state index < -0.39 is 12.7 Å². The highest BCUT2D eigenvalue weighted by Crippen LogP contribution is 2.26. The van der Waals surface area contributed by atoms with Crippen LogP contribution in [-0.2, 0) is 0 Å². The number of fused-ring (bicyclic) bond motifs is 1. The van der Waals surface area contributed by atoms with E-state index >= 15 is 0 Å². The molecule has 0 N–H and O–H groups in total. The molecule has 2 heterocycles. The summed E-state index contributed by atoms with van der Waals surface area (Å²) in [5.74, 6) is 0.0982. The lowest BCUT2D eigenvalue weighted by molar-refractivity contribution is -0.119. The number of halogens is 3. The van der Waals surface area contributed by atoms with E-state index in [0.29, 0.717) is 17.7 Å². The number of nitrogens with zero attached hydrogens (tertiary/aromatic N) is 3. The number of aldehydes is 1. The summed E-state index contributed by atoms with van der Waals surface area (Å²) in [6.07, 6.45) is -1.62. The minimum Gasteiger partial charge on any atom is -0.346 e. The lowest BCUT2D eigenvalue weighted by atomic mass is 10.3. The molecule has 0 aromatic carbocycles. The van der Waals surface area contributed by atoms with E-state index in [1.54, 1.807) is 18.5 Å². The molecule has 0 atom stereocenters. The van der Waals surface area contributed by atoms with Crippen molar-refractivity contribution in [1.82, 2.24) is 9.38 Å². The Balaban J connectivity index is 2.42. The zero-order valence-corrected chi connectivity index (χ0v) is 11.0. The SMILES string of the molecule is CCCN(CC(F)(F)F)c1nc2sccn2c1C=O. The molecule has 0 unspecified atom stereocenters. The number of alkyl halides is 3. The molecule has 2 aromatic rings. The van der Waals surface area contributed by atoms with Crippen molar-refractivity contribution < 1.29 is 18.0 Å². The predicted octanol–water partition coefficient (Wildman–Crippen LogP) is 2.99. The molecule has 104 valence electrons. The summed E-state index contributed by atoms with van der Waals surface area (Å²) in [7, 11) is 0. The number of carbonyl (C=O) groups excluding carboxylic acids is 1. The third kappa shape index (κ3) is 2.89. The van der Waals surface area contributed by atoms with E-state index in [4.69, 9.17) is 0 Å². The molecule has 8 heteroatoms. The number of thiazole rings is 1. The number of rotatable bonds is 5. The first kappa shape index (κ1) is 13.9. The topological polar surface area (TPSA) is 37.6 Å². The Labute approximate surface area is 111 Å². The number of hydrogen-bond donors (Lipinski definition) is 0. The minimum absolute atomic E-state index is 0.0982. The van der Waals surface area contributed by atoms with Crippen LogP contribution in [0.4, 0.5) is 19.0 Å². The summed E-state index contributed by atoms with van der Waals surface area (Å²) < 4.78 is 39.2. The van der Waals surface area contributed by atoms with E-state index in [9.17, 15) is 18.0 Å². The van der Waals surface area contributed by atoms with Crippen molar-refractivity contribution in [3.63, 3.8) is 0 Å². The van der Waals surface area contributed by atoms with Crippen molar-refractivity contribution >= 4 is 28.4 Å². The van der Waals surface area contributed by atoms with Gasteiger partial charge in [0.15, 0.2) is 17.1 Å². The molecule has 0 fully saturated rings. The van der Waals surface area contributed by atoms with Gasteiger partial charge in [-0.25, -0.2) is 4.98 Å². The lowest BCUT2D eigenvalue weighted by Gasteiger charge is -2.23. The zero-order valence-electron chi connectivity index (χ0n) is 10.1. The lowest BCUT2D eigenvalue weighted by Crippen LogP contribution is -2.35. The first-order chi connectivity index (χ1) is 8.96. The highest BCUT2D eigenvalue weighted by Gasteiger charge is 2.32. The first-order valence-corrected chi connectivity index (χ1v) is 6.56. The summed E-state index contributed by atoms with van der Waals surface area (Å²) in [5.41, 5.74) is 0.161. The Morgan fingerprint density at radius 3 is 2.84 bits per heavy atom. The molecule has 19 heavy (non-hydrogen) atoms. The van der Waals surface area contributed by atoms with Gasteiger partial charge >= 0.3 is 6.18 Å². The Morgan fingerprint density at radius 2 is 2.26 bits per heavy atom. The molecule has 2 rings (SSSR count). The van der Waals surface area contributed by atoms with Gasteiger partial charge in [-0.3, -0.25) is 9.20 Å². The maximum Gasteiger partial charge on any atom is 0.405 e. The molecule has 0 amide bonds. The first-order valence-electron chi connectivity index (χ1n) is 5.68. The third-order valence-corrected chi connectivity index (χ3v) is 3.31. The van der Waals surface area contributed by atoms with E-state index in [2.05, 4.69) is 4.98 Å². The molecule has 4 nitrogen and oxygen atoms in total. The fourth-order valence-electron chi connectivity index (χ4n) is 1.88. The summed E-state index contributed by atoms with van der Waals surface area (Å²) in [4.78, 5) is 16.8. The average Bonchev–Trinajstić information content (AvgIpc) is 2.85. The average molecular weight is 291 g/mol. The molecule has 2 aromatic heterocycles. The van der Waals surface area contributed by atoms with E-state index in [-0.39, 0.29) is 18.1 Å². The predicted molar refractivity (Wildman–Crippen MR) is 67.0 cm³/mol. The molecular weight excluding hydrogens is 279 g/mol. The van der Waals surface area contributed by atoms with Crippen LogP contribution in [0.5, 0.6) is 0 Å². The maximum absolute atomic E-state index is 12.6. The monoisotopic (exact) mass is 291 g/mol. The maximum atomic E-state index is 12.6. The second-order valence-corrected chi connectivity index (χ2v) is 4.90. The number of aromatic nitrogens is 2. The number of anilines is 1. The van der Waals surface area contributed by atoms with Gasteiger partial charge in [-0.15, -0.1) is 11.3 Å². The van der Waals surface area contributed by atoms with Crippen LogP contribution in [0.1, 0.15) is 23.8 Å². The molecule has 0 aliphatic carbocycles. The number of carbonyl (C=O) groups is 1. The molecule has 0 radical (unpaired) electrons. The van der Waals surface area contributed by atoms with Gasteiger partial charge in [0.05, 0.1) is 0 Å². The summed E-state index contributed by atoms with van der Waals surface area (Å²) in [6, 6.07) is 0. The van der Waals surface area contributed by atoms with Crippen LogP contribution in [0.25, 0.3) is 4.96 Å². The van der Waals surface area contributed by atoms with E-state index in [1.165, 1.54) is 15.7 Å². The molecular formula is C11H12F3N3OS. The summed E-state index contributed by atoms with van der Waals surface area (Å²) in [6.45, 7) is 0.875. The van der Waals surface area contributed by atoms with Gasteiger partial charge in [-0.05, 0) is 6.42 Å². The van der Waals surface area contributed by atoms with Crippen LogP contribution in [0.2, 0.25) is 0 Å². The molecule has 0 spiro atoms. The van der Waals surface area contributed by atoms with Crippen LogP contribution in [0, 0.1) is 0 Å². The molecule has 0 saturated heterocycles. The van der Waals surface area contributed by atoms with Crippen molar-refractivity contribution in [2.24, 2.45) is 0 Å². The van der Waals surface area contributed by atoms with Gasteiger partial charge in [0, 0.05) is 18.1 Å². The highest BCUT2D eigenvalue weighted by atomic mass is 32.1. The highest BCUT2D eigenvalue weighted by molar-refractivity contribution is 7.15. The molecule has 0 aliphatic rings.